The first-order valence-corrected chi connectivity index (χ1v) is 7.32. The fourth-order valence-electron chi connectivity index (χ4n) is 1.81. The van der Waals surface area contributed by atoms with Crippen LogP contribution in [0.15, 0.2) is 18.2 Å². The molecule has 8 nitrogen and oxygen atoms in total. The number of benzene rings is 1. The number of nitrogens with one attached hydrogen (secondary N) is 1. The largest absolute Gasteiger partial charge is 0.486 e. The molecule has 1 aromatic carbocycles. The van der Waals surface area contributed by atoms with E-state index >= 15 is 0 Å². The van der Waals surface area contributed by atoms with Gasteiger partial charge in [-0.3, -0.25) is 9.59 Å². The number of esters is 1. The summed E-state index contributed by atoms with van der Waals surface area (Å²) in [5, 5.41) is 2.56. The van der Waals surface area contributed by atoms with Crippen molar-refractivity contribution in [3.63, 3.8) is 0 Å². The highest BCUT2D eigenvalue weighted by Crippen LogP contribution is 2.38. The van der Waals surface area contributed by atoms with Crippen molar-refractivity contribution in [1.29, 1.82) is 0 Å². The van der Waals surface area contributed by atoms with Crippen LogP contribution in [0, 0.1) is 0 Å². The first-order chi connectivity index (χ1) is 11.5. The van der Waals surface area contributed by atoms with Crippen molar-refractivity contribution in [3.8, 4) is 11.5 Å². The Hall–Kier alpha value is -2.74. The van der Waals surface area contributed by atoms with Gasteiger partial charge >= 0.3 is 5.97 Å². The second kappa shape index (κ2) is 8.21. The molecule has 0 unspecified atom stereocenters. The molecule has 0 aromatic heterocycles. The number of fused-ring (bicyclic) bond motifs is 1. The van der Waals surface area contributed by atoms with Gasteiger partial charge in [-0.15, -0.1) is 0 Å². The van der Waals surface area contributed by atoms with Crippen LogP contribution in [-0.2, 0) is 19.1 Å². The molecule has 9 heteroatoms. The summed E-state index contributed by atoms with van der Waals surface area (Å²) in [5.41, 5.74) is 5.48. The number of rotatable bonds is 6. The van der Waals surface area contributed by atoms with Crippen molar-refractivity contribution in [2.75, 3.05) is 26.4 Å². The van der Waals surface area contributed by atoms with Gasteiger partial charge in [0.2, 0.25) is 5.91 Å². The maximum absolute atomic E-state index is 11.6. The normalized spacial score (nSPS) is 12.7. The minimum absolute atomic E-state index is 0.318. The number of amides is 2. The van der Waals surface area contributed by atoms with E-state index in [0.717, 1.165) is 6.08 Å². The van der Waals surface area contributed by atoms with E-state index in [1.165, 1.54) is 6.08 Å². The zero-order chi connectivity index (χ0) is 17.5. The molecule has 0 radical (unpaired) electrons. The molecule has 3 N–H and O–H groups in total. The Balaban J connectivity index is 1.88. The summed E-state index contributed by atoms with van der Waals surface area (Å²) in [6.07, 6.45) is 2.61. The monoisotopic (exact) mass is 354 g/mol. The zero-order valence-electron chi connectivity index (χ0n) is 12.5. The number of hydrogen-bond donors (Lipinski definition) is 2. The lowest BCUT2D eigenvalue weighted by Crippen LogP contribution is -2.35. The molecule has 0 fully saturated rings. The lowest BCUT2D eigenvalue weighted by atomic mass is 10.2. The number of primary amides is 1. The second-order valence-corrected chi connectivity index (χ2v) is 5.12. The first kappa shape index (κ1) is 17.6. The highest BCUT2D eigenvalue weighted by molar-refractivity contribution is 6.32. The molecule has 1 heterocycles. The smallest absolute Gasteiger partial charge is 0.331 e. The van der Waals surface area contributed by atoms with E-state index in [4.69, 9.17) is 31.5 Å². The molecule has 0 saturated heterocycles. The molecule has 1 aliphatic heterocycles. The molecule has 2 rings (SSSR count). The Morgan fingerprint density at radius 1 is 1.29 bits per heavy atom. The quantitative estimate of drug-likeness (QED) is 0.559. The third-order valence-electron chi connectivity index (χ3n) is 2.84. The lowest BCUT2D eigenvalue weighted by Gasteiger charge is -2.19. The molecule has 2 amide bonds. The van der Waals surface area contributed by atoms with E-state index < -0.39 is 24.4 Å². The van der Waals surface area contributed by atoms with Crippen molar-refractivity contribution in [1.82, 2.24) is 5.32 Å². The SMILES string of the molecule is NC(=O)CNC(=O)COC(=O)/C=C/c1cc(Cl)c2c(c1)OCCO2. The summed E-state index contributed by atoms with van der Waals surface area (Å²) in [7, 11) is 0. The molecule has 0 bridgehead atoms. The van der Waals surface area contributed by atoms with E-state index in [1.54, 1.807) is 12.1 Å². The summed E-state index contributed by atoms with van der Waals surface area (Å²) in [6.45, 7) is 0.00523. The van der Waals surface area contributed by atoms with Crippen molar-refractivity contribution < 1.29 is 28.6 Å². The molecule has 24 heavy (non-hydrogen) atoms. The predicted octanol–water partition coefficient (Wildman–Crippen LogP) is 0.269. The molecule has 0 aliphatic carbocycles. The topological polar surface area (TPSA) is 117 Å². The Bertz CT molecular complexity index is 689. The Kier molecular flexibility index (Phi) is 6.02. The molecule has 1 aromatic rings. The number of carbonyl (C=O) groups excluding carboxylic acids is 3. The van der Waals surface area contributed by atoms with Crippen LogP contribution in [0.2, 0.25) is 5.02 Å². The van der Waals surface area contributed by atoms with Crippen molar-refractivity contribution in [2.24, 2.45) is 5.73 Å². The zero-order valence-corrected chi connectivity index (χ0v) is 13.3. The van der Waals surface area contributed by atoms with Crippen LogP contribution in [0.25, 0.3) is 6.08 Å². The molecular formula is C15H15ClN2O6. The van der Waals surface area contributed by atoms with Crippen LogP contribution >= 0.6 is 11.6 Å². The molecule has 0 spiro atoms. The number of carbonyl (C=O) groups is 3. The van der Waals surface area contributed by atoms with Gasteiger partial charge in [-0.25, -0.2) is 4.79 Å². The average molecular weight is 355 g/mol. The van der Waals surface area contributed by atoms with Crippen LogP contribution in [0.4, 0.5) is 0 Å². The Morgan fingerprint density at radius 3 is 2.79 bits per heavy atom. The summed E-state index contributed by atoms with van der Waals surface area (Å²) in [4.78, 5) is 33.3. The van der Waals surface area contributed by atoms with Crippen LogP contribution in [0.5, 0.6) is 11.5 Å². The van der Waals surface area contributed by atoms with Gasteiger partial charge in [-0.2, -0.15) is 0 Å². The van der Waals surface area contributed by atoms with E-state index in [2.05, 4.69) is 5.32 Å². The highest BCUT2D eigenvalue weighted by atomic mass is 35.5. The van der Waals surface area contributed by atoms with E-state index in [1.807, 2.05) is 0 Å². The van der Waals surface area contributed by atoms with Crippen LogP contribution in [0.3, 0.4) is 0 Å². The lowest BCUT2D eigenvalue weighted by molar-refractivity contribution is -0.143. The van der Waals surface area contributed by atoms with E-state index in [0.29, 0.717) is 35.3 Å². The summed E-state index contributed by atoms with van der Waals surface area (Å²) in [5.74, 6) is -1.08. The average Bonchev–Trinajstić information content (AvgIpc) is 2.56. The second-order valence-electron chi connectivity index (χ2n) is 4.71. The summed E-state index contributed by atoms with van der Waals surface area (Å²) in [6, 6.07) is 3.28. The van der Waals surface area contributed by atoms with Gasteiger partial charge in [0.15, 0.2) is 18.1 Å². The summed E-state index contributed by atoms with van der Waals surface area (Å²) < 4.78 is 15.5. The Labute approximate surface area is 142 Å². The van der Waals surface area contributed by atoms with E-state index in [9.17, 15) is 14.4 Å². The maximum Gasteiger partial charge on any atom is 0.331 e. The van der Waals surface area contributed by atoms with Gasteiger partial charge in [-0.05, 0) is 23.8 Å². The minimum Gasteiger partial charge on any atom is -0.486 e. The Morgan fingerprint density at radius 2 is 2.04 bits per heavy atom. The van der Waals surface area contributed by atoms with Crippen LogP contribution in [0.1, 0.15) is 5.56 Å². The van der Waals surface area contributed by atoms with Gasteiger partial charge in [0.1, 0.15) is 13.2 Å². The van der Waals surface area contributed by atoms with Gasteiger partial charge < -0.3 is 25.3 Å². The van der Waals surface area contributed by atoms with Crippen LogP contribution in [-0.4, -0.2) is 44.1 Å². The number of hydrogen-bond acceptors (Lipinski definition) is 6. The minimum atomic E-state index is -0.727. The third-order valence-corrected chi connectivity index (χ3v) is 3.12. The third kappa shape index (κ3) is 5.17. The first-order valence-electron chi connectivity index (χ1n) is 6.94. The molecule has 128 valence electrons. The highest BCUT2D eigenvalue weighted by Gasteiger charge is 2.16. The molecular weight excluding hydrogens is 340 g/mol. The molecule has 1 aliphatic rings. The predicted molar refractivity (Wildman–Crippen MR) is 84.6 cm³/mol. The van der Waals surface area contributed by atoms with E-state index in [-0.39, 0.29) is 6.54 Å². The van der Waals surface area contributed by atoms with Crippen molar-refractivity contribution in [2.45, 2.75) is 0 Å². The van der Waals surface area contributed by atoms with Crippen LogP contribution < -0.4 is 20.5 Å². The van der Waals surface area contributed by atoms with Crippen molar-refractivity contribution >= 4 is 35.5 Å². The van der Waals surface area contributed by atoms with Gasteiger partial charge in [0, 0.05) is 6.08 Å². The fraction of sp³-hybridized carbons (Fsp3) is 0.267. The maximum atomic E-state index is 11.6. The molecule has 0 saturated carbocycles. The number of nitrogens with two attached hydrogens (primary N) is 1. The fourth-order valence-corrected chi connectivity index (χ4v) is 2.09. The number of halogens is 1. The molecule has 0 atom stereocenters. The van der Waals surface area contributed by atoms with Gasteiger partial charge in [-0.1, -0.05) is 11.6 Å². The standard InChI is InChI=1S/C15H15ClN2O6/c16-10-5-9(6-11-15(10)23-4-3-22-11)1-2-14(21)24-8-13(20)18-7-12(17)19/h1-2,5-6H,3-4,7-8H2,(H2,17,19)(H,18,20)/b2-1+. The van der Waals surface area contributed by atoms with Gasteiger partial charge in [0.25, 0.3) is 5.91 Å². The van der Waals surface area contributed by atoms with Gasteiger partial charge in [0.05, 0.1) is 11.6 Å². The summed E-state index contributed by atoms with van der Waals surface area (Å²) >= 11 is 6.08. The van der Waals surface area contributed by atoms with Crippen molar-refractivity contribution in [3.05, 3.63) is 28.8 Å². The number of ether oxygens (including phenoxy) is 3.